The number of rotatable bonds is 5. The summed E-state index contributed by atoms with van der Waals surface area (Å²) >= 11 is 5.19. The van der Waals surface area contributed by atoms with E-state index in [0.717, 1.165) is 37.2 Å². The first-order valence-electron chi connectivity index (χ1n) is 18.6. The van der Waals surface area contributed by atoms with Crippen LogP contribution in [0.2, 0.25) is 0 Å². The Hall–Kier alpha value is -6.58. The highest BCUT2D eigenvalue weighted by Crippen LogP contribution is 2.43. The van der Waals surface area contributed by atoms with Gasteiger partial charge in [0.05, 0.1) is 16.3 Å². The molecular formula is C49H33N5S3. The zero-order chi connectivity index (χ0) is 38.5. The number of anilines is 1. The first kappa shape index (κ1) is 34.9. The number of thiophene rings is 3. The lowest BCUT2D eigenvalue weighted by Gasteiger charge is -2.10. The summed E-state index contributed by atoms with van der Waals surface area (Å²) < 4.78 is 6.12. The molecule has 7 aromatic carbocycles. The molecule has 0 radical (unpaired) electrons. The summed E-state index contributed by atoms with van der Waals surface area (Å²) in [5, 5.41) is 14.3. The van der Waals surface area contributed by atoms with Gasteiger partial charge in [-0.05, 0) is 42.8 Å². The van der Waals surface area contributed by atoms with Crippen LogP contribution in [0.15, 0.2) is 164 Å². The number of nitrogen functional groups attached to an aromatic ring is 1. The summed E-state index contributed by atoms with van der Waals surface area (Å²) in [5.41, 5.74) is 12.6. The summed E-state index contributed by atoms with van der Waals surface area (Å²) in [6, 6.07) is 55.9. The van der Waals surface area contributed by atoms with E-state index in [1.807, 2.05) is 84.1 Å². The molecule has 0 amide bonds. The lowest BCUT2D eigenvalue weighted by atomic mass is 10.0. The molecule has 0 unspecified atom stereocenters. The van der Waals surface area contributed by atoms with Gasteiger partial charge in [0.15, 0.2) is 17.5 Å². The molecule has 272 valence electrons. The van der Waals surface area contributed by atoms with Crippen molar-refractivity contribution in [1.29, 1.82) is 5.41 Å². The fourth-order valence-electron chi connectivity index (χ4n) is 7.47. The van der Waals surface area contributed by atoms with Crippen molar-refractivity contribution < 1.29 is 0 Å². The van der Waals surface area contributed by atoms with Crippen molar-refractivity contribution in [3.63, 3.8) is 0 Å². The molecule has 11 rings (SSSR count). The summed E-state index contributed by atoms with van der Waals surface area (Å²) in [5.74, 6) is 2.08. The average molecular weight is 788 g/mol. The molecule has 0 spiro atoms. The number of nitrogens with zero attached hydrogens (tertiary/aromatic N) is 3. The smallest absolute Gasteiger partial charge is 0.165 e. The highest BCUT2D eigenvalue weighted by Gasteiger charge is 2.20. The first-order valence-corrected chi connectivity index (χ1v) is 21.0. The van der Waals surface area contributed by atoms with Crippen LogP contribution in [0.4, 0.5) is 5.69 Å². The summed E-state index contributed by atoms with van der Waals surface area (Å²) in [7, 11) is 0. The lowest BCUT2D eigenvalue weighted by Crippen LogP contribution is -2.01. The second-order valence-corrected chi connectivity index (χ2v) is 17.0. The zero-order valence-electron chi connectivity index (χ0n) is 30.7. The predicted octanol–water partition coefficient (Wildman–Crippen LogP) is 13.8. The van der Waals surface area contributed by atoms with Gasteiger partial charge in [-0.3, -0.25) is 5.41 Å². The molecule has 11 aromatic rings. The minimum absolute atomic E-state index is 0.495. The van der Waals surface area contributed by atoms with Crippen LogP contribution in [0.25, 0.3) is 84.6 Å². The van der Waals surface area contributed by atoms with E-state index in [4.69, 9.17) is 26.1 Å². The first-order chi connectivity index (χ1) is 28.0. The van der Waals surface area contributed by atoms with Crippen LogP contribution in [0.5, 0.6) is 0 Å². The normalized spacial score (nSPS) is 11.4. The van der Waals surface area contributed by atoms with Crippen LogP contribution < -0.4 is 5.73 Å². The van der Waals surface area contributed by atoms with Crippen LogP contribution in [-0.4, -0.2) is 20.7 Å². The maximum absolute atomic E-state index is 8.27. The average Bonchev–Trinajstić information content (AvgIpc) is 3.96. The van der Waals surface area contributed by atoms with E-state index >= 15 is 0 Å². The molecule has 0 fully saturated rings. The van der Waals surface area contributed by atoms with Gasteiger partial charge in [-0.25, -0.2) is 15.0 Å². The molecule has 57 heavy (non-hydrogen) atoms. The highest BCUT2D eigenvalue weighted by atomic mass is 32.1. The Morgan fingerprint density at radius 2 is 1.02 bits per heavy atom. The van der Waals surface area contributed by atoms with Crippen molar-refractivity contribution in [1.82, 2.24) is 15.0 Å². The fourth-order valence-corrected chi connectivity index (χ4v) is 11.0. The third-order valence-electron chi connectivity index (χ3n) is 10.2. The van der Waals surface area contributed by atoms with E-state index in [9.17, 15) is 0 Å². The zero-order valence-corrected chi connectivity index (χ0v) is 33.2. The molecule has 4 aromatic heterocycles. The summed E-state index contributed by atoms with van der Waals surface area (Å²) in [6.07, 6.45) is 0. The van der Waals surface area contributed by atoms with Gasteiger partial charge >= 0.3 is 0 Å². The SMILES string of the molecule is Cc1cccc2sc3cccc(-c4nc(-c5ccccc5)nc(-c5cccc6c5sc5ccccc56)n4)c3c12.N=C(c1ccccc1)c1sc2ccccc2c1N. The van der Waals surface area contributed by atoms with E-state index in [1.54, 1.807) is 22.7 Å². The van der Waals surface area contributed by atoms with Crippen molar-refractivity contribution in [2.24, 2.45) is 0 Å². The van der Waals surface area contributed by atoms with Crippen LogP contribution in [-0.2, 0) is 0 Å². The quantitative estimate of drug-likeness (QED) is 0.170. The van der Waals surface area contributed by atoms with Crippen molar-refractivity contribution in [2.75, 3.05) is 5.73 Å². The van der Waals surface area contributed by atoms with Gasteiger partial charge in [-0.15, -0.1) is 34.0 Å². The lowest BCUT2D eigenvalue weighted by molar-refractivity contribution is 1.08. The molecular weight excluding hydrogens is 755 g/mol. The summed E-state index contributed by atoms with van der Waals surface area (Å²) in [6.45, 7) is 2.18. The Bertz CT molecular complexity index is 3290. The Kier molecular flexibility index (Phi) is 8.87. The standard InChI is InChI=1S/C34H21N3S2.C15H12N2S/c1-20-10-7-18-27-29(20)30-24(15-9-19-28(30)38-27)33-35-32(21-11-3-2-4-12-21)36-34(37-33)25-16-8-14-23-22-13-5-6-17-26(22)39-31(23)25;16-13(10-6-2-1-3-7-10)15-14(17)11-8-4-5-9-12(11)18-15/h2-19H,1H3;1-9,16H,17H2. The minimum atomic E-state index is 0.495. The van der Waals surface area contributed by atoms with Gasteiger partial charge in [0.2, 0.25) is 0 Å². The number of aryl methyl sites for hydroxylation is 1. The molecule has 0 bridgehead atoms. The second kappa shape index (κ2) is 14.5. The van der Waals surface area contributed by atoms with Crippen LogP contribution in [0.3, 0.4) is 0 Å². The molecule has 0 atom stereocenters. The monoisotopic (exact) mass is 787 g/mol. The topological polar surface area (TPSA) is 88.5 Å². The number of aromatic nitrogens is 3. The van der Waals surface area contributed by atoms with Crippen molar-refractivity contribution in [2.45, 2.75) is 6.92 Å². The molecule has 4 heterocycles. The Morgan fingerprint density at radius 1 is 0.474 bits per heavy atom. The molecule has 0 saturated heterocycles. The Labute approximate surface area is 340 Å². The number of benzene rings is 7. The third-order valence-corrected chi connectivity index (χ3v) is 13.8. The van der Waals surface area contributed by atoms with E-state index in [0.29, 0.717) is 28.9 Å². The van der Waals surface area contributed by atoms with Gasteiger partial charge < -0.3 is 5.73 Å². The maximum atomic E-state index is 8.27. The van der Waals surface area contributed by atoms with E-state index in [1.165, 1.54) is 45.9 Å². The number of fused-ring (bicyclic) bond motifs is 7. The molecule has 0 aliphatic heterocycles. The number of hydrogen-bond donors (Lipinski definition) is 2. The second-order valence-electron chi connectivity index (χ2n) is 13.8. The number of hydrogen-bond acceptors (Lipinski definition) is 8. The predicted molar refractivity (Wildman–Crippen MR) is 245 cm³/mol. The number of nitrogens with one attached hydrogen (secondary N) is 1. The van der Waals surface area contributed by atoms with Gasteiger partial charge in [0.1, 0.15) is 0 Å². The van der Waals surface area contributed by atoms with Crippen molar-refractivity contribution in [3.05, 3.63) is 180 Å². The largest absolute Gasteiger partial charge is 0.397 e. The van der Waals surface area contributed by atoms with E-state index < -0.39 is 0 Å². The van der Waals surface area contributed by atoms with Crippen LogP contribution in [0, 0.1) is 12.3 Å². The highest BCUT2D eigenvalue weighted by molar-refractivity contribution is 7.26. The van der Waals surface area contributed by atoms with Gasteiger partial charge in [-0.1, -0.05) is 133 Å². The summed E-state index contributed by atoms with van der Waals surface area (Å²) in [4.78, 5) is 16.2. The van der Waals surface area contributed by atoms with E-state index in [-0.39, 0.29) is 0 Å². The Morgan fingerprint density at radius 3 is 1.77 bits per heavy atom. The van der Waals surface area contributed by atoms with Gasteiger partial charge in [0, 0.05) is 72.7 Å². The Balaban J connectivity index is 0.000000184. The molecule has 0 aliphatic rings. The van der Waals surface area contributed by atoms with Crippen molar-refractivity contribution >= 4 is 95.8 Å². The van der Waals surface area contributed by atoms with Crippen LogP contribution in [0.1, 0.15) is 16.0 Å². The van der Waals surface area contributed by atoms with Gasteiger partial charge in [0.25, 0.3) is 0 Å². The molecule has 0 aliphatic carbocycles. The van der Waals surface area contributed by atoms with Crippen LogP contribution >= 0.6 is 34.0 Å². The molecule has 8 heteroatoms. The number of nitrogens with two attached hydrogens (primary N) is 1. The maximum Gasteiger partial charge on any atom is 0.165 e. The molecule has 0 saturated carbocycles. The van der Waals surface area contributed by atoms with Crippen molar-refractivity contribution in [3.8, 4) is 34.2 Å². The van der Waals surface area contributed by atoms with E-state index in [2.05, 4.69) is 97.9 Å². The minimum Gasteiger partial charge on any atom is -0.397 e. The molecule has 5 nitrogen and oxygen atoms in total. The molecule has 3 N–H and O–H groups in total. The fraction of sp³-hybridized carbons (Fsp3) is 0.0204. The third kappa shape index (κ3) is 6.24. The van der Waals surface area contributed by atoms with Gasteiger partial charge in [-0.2, -0.15) is 0 Å².